The van der Waals surface area contributed by atoms with E-state index in [0.29, 0.717) is 36.4 Å². The third kappa shape index (κ3) is 16.4. The summed E-state index contributed by atoms with van der Waals surface area (Å²) >= 11 is 0. The van der Waals surface area contributed by atoms with Gasteiger partial charge < -0.3 is 30.0 Å². The maximum absolute atomic E-state index is 10.9. The Morgan fingerprint density at radius 3 is 1.24 bits per heavy atom. The Bertz CT molecular complexity index is 1200. The van der Waals surface area contributed by atoms with E-state index in [0.717, 1.165) is 55.4 Å². The van der Waals surface area contributed by atoms with E-state index < -0.39 is 11.9 Å². The van der Waals surface area contributed by atoms with Crippen LogP contribution < -0.4 is 10.2 Å². The van der Waals surface area contributed by atoms with Gasteiger partial charge in [0.1, 0.15) is 11.5 Å². The minimum Gasteiger partial charge on any atom is -0.550 e. The van der Waals surface area contributed by atoms with E-state index in [1.54, 1.807) is 12.4 Å². The summed E-state index contributed by atoms with van der Waals surface area (Å²) < 4.78 is 0. The van der Waals surface area contributed by atoms with E-state index >= 15 is 0 Å². The Morgan fingerprint density at radius 1 is 0.717 bits per heavy atom. The van der Waals surface area contributed by atoms with E-state index in [1.807, 2.05) is 0 Å². The van der Waals surface area contributed by atoms with Gasteiger partial charge in [-0.1, -0.05) is 81.4 Å². The van der Waals surface area contributed by atoms with Gasteiger partial charge >= 0.3 is 16.8 Å². The minimum absolute atomic E-state index is 0. The monoisotopic (exact) mass is 683 g/mol. The molecule has 2 rings (SSSR count). The van der Waals surface area contributed by atoms with Crippen molar-refractivity contribution in [1.29, 1.82) is 0 Å². The topological polar surface area (TPSA) is 145 Å². The average molecular weight is 684 g/mol. The van der Waals surface area contributed by atoms with Gasteiger partial charge in [0.15, 0.2) is 0 Å². The van der Waals surface area contributed by atoms with E-state index in [-0.39, 0.29) is 27.6 Å². The SMILES string of the molecule is CC(=O)[O-].CC(=O)[O-].CCC(C)c1cc(C=NCCCN=Cc2cc(C(C)CC)cc(C(C)(C)C)c2O)c(O)c(C(C)(C)C)c1.[Co+2]. The van der Waals surface area contributed by atoms with Crippen molar-refractivity contribution in [2.75, 3.05) is 13.1 Å². The number of nitrogens with zero attached hydrogens (tertiary/aromatic N) is 2. The fraction of sp³-hybridized carbons (Fsp3) is 0.568. The molecule has 46 heavy (non-hydrogen) atoms. The molecule has 0 heterocycles. The first-order chi connectivity index (χ1) is 20.7. The van der Waals surface area contributed by atoms with Crippen molar-refractivity contribution in [3.05, 3.63) is 57.6 Å². The number of carboxylic acids is 2. The van der Waals surface area contributed by atoms with E-state index in [1.165, 1.54) is 11.1 Å². The third-order valence-corrected chi connectivity index (χ3v) is 7.34. The van der Waals surface area contributed by atoms with Gasteiger partial charge in [-0.3, -0.25) is 9.98 Å². The predicted octanol–water partition coefficient (Wildman–Crippen LogP) is 6.16. The van der Waals surface area contributed by atoms with Crippen molar-refractivity contribution in [3.8, 4) is 11.5 Å². The molecule has 0 aliphatic heterocycles. The van der Waals surface area contributed by atoms with Crippen LogP contribution in [0.3, 0.4) is 0 Å². The Labute approximate surface area is 287 Å². The number of carbonyl (C=O) groups excluding carboxylic acids is 2. The van der Waals surface area contributed by atoms with Gasteiger partial charge in [0.2, 0.25) is 0 Å². The normalized spacial score (nSPS) is 12.8. The number of rotatable bonds is 10. The second kappa shape index (κ2) is 20.8. The maximum Gasteiger partial charge on any atom is 2.00 e. The van der Waals surface area contributed by atoms with Crippen LogP contribution in [0.25, 0.3) is 0 Å². The molecule has 0 bridgehead atoms. The molecule has 259 valence electrons. The first-order valence-electron chi connectivity index (χ1n) is 15.8. The van der Waals surface area contributed by atoms with Crippen molar-refractivity contribution >= 4 is 24.4 Å². The fourth-order valence-corrected chi connectivity index (χ4v) is 4.32. The molecule has 1 radical (unpaired) electrons. The summed E-state index contributed by atoms with van der Waals surface area (Å²) in [7, 11) is 0. The number of benzene rings is 2. The Morgan fingerprint density at radius 2 is 1.00 bits per heavy atom. The Balaban J connectivity index is 0. The van der Waals surface area contributed by atoms with Crippen LogP contribution in [0.5, 0.6) is 11.5 Å². The van der Waals surface area contributed by atoms with Crippen molar-refractivity contribution in [2.24, 2.45) is 9.98 Å². The quantitative estimate of drug-likeness (QED) is 0.227. The number of carbonyl (C=O) groups is 2. The molecular formula is C37H56CoN2O6. The van der Waals surface area contributed by atoms with Crippen LogP contribution in [0.1, 0.15) is 148 Å². The molecule has 0 saturated carbocycles. The molecule has 2 N–H and O–H groups in total. The van der Waals surface area contributed by atoms with Gasteiger partial charge in [0, 0.05) is 59.7 Å². The molecule has 2 unspecified atom stereocenters. The molecule has 0 aromatic heterocycles. The number of hydrogen-bond acceptors (Lipinski definition) is 8. The molecule has 0 spiro atoms. The zero-order valence-electron chi connectivity index (χ0n) is 29.9. The van der Waals surface area contributed by atoms with Crippen LogP contribution >= 0.6 is 0 Å². The molecular weight excluding hydrogens is 627 g/mol. The van der Waals surface area contributed by atoms with Crippen molar-refractivity contribution in [1.82, 2.24) is 0 Å². The first-order valence-corrected chi connectivity index (χ1v) is 15.8. The molecule has 2 atom stereocenters. The van der Waals surface area contributed by atoms with Crippen LogP contribution in [-0.2, 0) is 37.2 Å². The molecule has 2 aromatic carbocycles. The van der Waals surface area contributed by atoms with Crippen LogP contribution in [0.4, 0.5) is 0 Å². The molecule has 0 amide bonds. The van der Waals surface area contributed by atoms with Crippen molar-refractivity contribution in [2.45, 2.75) is 125 Å². The molecule has 0 aliphatic carbocycles. The molecule has 0 fully saturated rings. The first kappa shape index (κ1) is 45.0. The van der Waals surface area contributed by atoms with Crippen molar-refractivity contribution < 1.29 is 46.8 Å². The zero-order valence-corrected chi connectivity index (χ0v) is 31.0. The summed E-state index contributed by atoms with van der Waals surface area (Å²) in [6.45, 7) is 24.8. The third-order valence-electron chi connectivity index (χ3n) is 7.34. The Kier molecular flexibility index (Phi) is 20.4. The second-order valence-electron chi connectivity index (χ2n) is 13.5. The van der Waals surface area contributed by atoms with E-state index in [2.05, 4.69) is 103 Å². The number of aliphatic imine (C=N–C) groups is 2. The largest absolute Gasteiger partial charge is 2.00 e. The van der Waals surface area contributed by atoms with Crippen LogP contribution in [-0.4, -0.2) is 47.7 Å². The van der Waals surface area contributed by atoms with Gasteiger partial charge in [-0.05, 0) is 79.0 Å². The standard InChI is InChI=1S/C33H50N2O2.2C2H4O2.Co/c1-11-22(3)24-16-26(30(36)28(18-24)32(5,6)7)20-34-14-13-15-35-21-27-17-25(23(4)12-2)19-29(31(27)37)33(8,9)10;2*1-2(3)4;/h16-23,36-37H,11-15H2,1-10H3;2*1H3,(H,3,4);/q;;;+2/p-2. The molecule has 0 saturated heterocycles. The molecule has 8 nitrogen and oxygen atoms in total. The summed E-state index contributed by atoms with van der Waals surface area (Å²) in [6, 6.07) is 8.43. The van der Waals surface area contributed by atoms with Crippen molar-refractivity contribution in [3.63, 3.8) is 0 Å². The second-order valence-corrected chi connectivity index (χ2v) is 13.5. The molecule has 0 aliphatic rings. The van der Waals surface area contributed by atoms with E-state index in [4.69, 9.17) is 19.8 Å². The zero-order chi connectivity index (χ0) is 35.1. The number of carboxylic acid groups (broad SMARTS) is 2. The minimum atomic E-state index is -1.08. The van der Waals surface area contributed by atoms with Crippen LogP contribution in [0.2, 0.25) is 0 Å². The van der Waals surface area contributed by atoms with Gasteiger partial charge in [-0.15, -0.1) is 0 Å². The number of aliphatic carboxylic acids is 2. The number of phenolic OH excluding ortho intramolecular Hbond substituents is 2. The summed E-state index contributed by atoms with van der Waals surface area (Å²) in [4.78, 5) is 27.0. The van der Waals surface area contributed by atoms with E-state index in [9.17, 15) is 10.2 Å². The van der Waals surface area contributed by atoms with Gasteiger partial charge in [0.05, 0.1) is 0 Å². The predicted molar refractivity (Wildman–Crippen MR) is 182 cm³/mol. The maximum atomic E-state index is 10.9. The van der Waals surface area contributed by atoms with Crippen LogP contribution in [0.15, 0.2) is 34.3 Å². The molecule has 2 aromatic rings. The summed E-state index contributed by atoms with van der Waals surface area (Å²) in [5.41, 5.74) is 5.69. The molecule has 9 heteroatoms. The average Bonchev–Trinajstić information content (AvgIpc) is 2.91. The summed E-state index contributed by atoms with van der Waals surface area (Å²) in [6.07, 6.45) is 6.50. The number of aromatic hydroxyl groups is 2. The van der Waals surface area contributed by atoms with Crippen LogP contribution in [0, 0.1) is 0 Å². The Hall–Kier alpha value is -3.17. The summed E-state index contributed by atoms with van der Waals surface area (Å²) in [5, 5.41) is 39.6. The number of phenols is 2. The van der Waals surface area contributed by atoms with Gasteiger partial charge in [-0.2, -0.15) is 0 Å². The summed E-state index contributed by atoms with van der Waals surface area (Å²) in [5.74, 6) is -0.658. The number of hydrogen-bond donors (Lipinski definition) is 2. The smallest absolute Gasteiger partial charge is 0.550 e. The van der Waals surface area contributed by atoms with Gasteiger partial charge in [0.25, 0.3) is 0 Å². The van der Waals surface area contributed by atoms with Gasteiger partial charge in [-0.25, -0.2) is 0 Å². The fourth-order valence-electron chi connectivity index (χ4n) is 4.32.